The van der Waals surface area contributed by atoms with Gasteiger partial charge in [-0.2, -0.15) is 0 Å². The van der Waals surface area contributed by atoms with Gasteiger partial charge >= 0.3 is 0 Å². The predicted octanol–water partition coefficient (Wildman–Crippen LogP) is -2.03. The second kappa shape index (κ2) is 4.75. The first kappa shape index (κ1) is 8.90. The molecular weight excluding hydrogens is 134 g/mol. The monoisotopic (exact) mass is 144 g/mol. The Labute approximate surface area is 59.0 Å². The molecule has 1 radical (unpaired) electrons. The van der Waals surface area contributed by atoms with E-state index >= 15 is 0 Å². The second-order valence-electron chi connectivity index (χ2n) is 1.58. The summed E-state index contributed by atoms with van der Waals surface area (Å²) in [5, 5.41) is 4.37. The van der Waals surface area contributed by atoms with Crippen LogP contribution in [0.4, 0.5) is 0 Å². The predicted molar refractivity (Wildman–Crippen MR) is 35.6 cm³/mol. The highest BCUT2D eigenvalue weighted by atomic mass is 16.2. The molecular formula is C5H10N3O2. The van der Waals surface area contributed by atoms with Crippen molar-refractivity contribution in [3.05, 3.63) is 7.05 Å². The minimum atomic E-state index is -0.358. The van der Waals surface area contributed by atoms with Gasteiger partial charge in [-0.3, -0.25) is 9.59 Å². The highest BCUT2D eigenvalue weighted by Gasteiger charge is 1.99. The molecule has 0 saturated carbocycles. The Morgan fingerprint density at radius 3 is 2.40 bits per heavy atom. The van der Waals surface area contributed by atoms with Crippen molar-refractivity contribution in [3.63, 3.8) is 0 Å². The third-order valence-corrected chi connectivity index (χ3v) is 0.829. The molecule has 0 bridgehead atoms. The van der Waals surface area contributed by atoms with Crippen LogP contribution in [0.5, 0.6) is 0 Å². The van der Waals surface area contributed by atoms with Gasteiger partial charge < -0.3 is 16.4 Å². The summed E-state index contributed by atoms with van der Waals surface area (Å²) < 4.78 is 0. The quantitative estimate of drug-likeness (QED) is 0.427. The maximum Gasteiger partial charge on any atom is 0.239 e. The van der Waals surface area contributed by atoms with Gasteiger partial charge in [-0.05, 0) is 0 Å². The van der Waals surface area contributed by atoms with E-state index in [1.807, 2.05) is 0 Å². The number of rotatable bonds is 3. The number of amides is 2. The summed E-state index contributed by atoms with van der Waals surface area (Å²) in [4.78, 5) is 20.8. The summed E-state index contributed by atoms with van der Waals surface area (Å²) in [6, 6.07) is 0. The molecule has 57 valence electrons. The molecule has 0 atom stereocenters. The standard InChI is InChI=1S/C5H10N3O2/c1-7-5(10)3-8-4(9)2-6/h1-3,6H2,(H,7,10)(H,8,9). The van der Waals surface area contributed by atoms with Crippen LogP contribution in [-0.4, -0.2) is 24.9 Å². The van der Waals surface area contributed by atoms with E-state index in [4.69, 9.17) is 5.73 Å². The third kappa shape index (κ3) is 3.85. The third-order valence-electron chi connectivity index (χ3n) is 0.829. The Morgan fingerprint density at radius 1 is 1.40 bits per heavy atom. The molecule has 4 N–H and O–H groups in total. The molecule has 0 aromatic heterocycles. The van der Waals surface area contributed by atoms with Crippen LogP contribution in [0.2, 0.25) is 0 Å². The van der Waals surface area contributed by atoms with Gasteiger partial charge in [0.25, 0.3) is 0 Å². The first-order valence-electron chi connectivity index (χ1n) is 2.73. The van der Waals surface area contributed by atoms with Crippen molar-refractivity contribution in [1.82, 2.24) is 10.6 Å². The van der Waals surface area contributed by atoms with E-state index in [1.165, 1.54) is 0 Å². The van der Waals surface area contributed by atoms with Crippen LogP contribution in [0, 0.1) is 7.05 Å². The first-order valence-corrected chi connectivity index (χ1v) is 2.73. The molecule has 10 heavy (non-hydrogen) atoms. The highest BCUT2D eigenvalue weighted by molar-refractivity contribution is 5.85. The molecule has 5 heteroatoms. The van der Waals surface area contributed by atoms with Gasteiger partial charge in [0.05, 0.1) is 13.1 Å². The van der Waals surface area contributed by atoms with Gasteiger partial charge in [-0.15, -0.1) is 0 Å². The zero-order chi connectivity index (χ0) is 7.98. The Hall–Kier alpha value is -1.10. The molecule has 2 amide bonds. The Kier molecular flexibility index (Phi) is 4.23. The highest BCUT2D eigenvalue weighted by Crippen LogP contribution is 1.62. The van der Waals surface area contributed by atoms with Crippen molar-refractivity contribution in [2.24, 2.45) is 5.73 Å². The molecule has 0 rings (SSSR count). The van der Waals surface area contributed by atoms with E-state index in [1.54, 1.807) is 0 Å². The first-order chi connectivity index (χ1) is 4.70. The van der Waals surface area contributed by atoms with Crippen LogP contribution >= 0.6 is 0 Å². The maximum absolute atomic E-state index is 10.4. The Balaban J connectivity index is 3.35. The Bertz CT molecular complexity index is 119. The van der Waals surface area contributed by atoms with Crippen LogP contribution in [0.1, 0.15) is 0 Å². The fourth-order valence-corrected chi connectivity index (χ4v) is 0.314. The zero-order valence-corrected chi connectivity index (χ0v) is 5.52. The van der Waals surface area contributed by atoms with Crippen molar-refractivity contribution in [1.29, 1.82) is 0 Å². The summed E-state index contributed by atoms with van der Waals surface area (Å²) >= 11 is 0. The summed E-state index contributed by atoms with van der Waals surface area (Å²) in [5.74, 6) is -0.703. The summed E-state index contributed by atoms with van der Waals surface area (Å²) in [5.41, 5.74) is 4.94. The molecule has 0 heterocycles. The van der Waals surface area contributed by atoms with Crippen molar-refractivity contribution in [2.75, 3.05) is 13.1 Å². The van der Waals surface area contributed by atoms with Gasteiger partial charge in [-0.1, -0.05) is 0 Å². The van der Waals surface area contributed by atoms with Gasteiger partial charge in [0, 0.05) is 7.05 Å². The molecule has 0 aromatic carbocycles. The van der Waals surface area contributed by atoms with E-state index in [0.29, 0.717) is 0 Å². The number of carbonyl (C=O) groups is 2. The minimum Gasteiger partial charge on any atom is -0.353 e. The van der Waals surface area contributed by atoms with Gasteiger partial charge in [0.1, 0.15) is 0 Å². The average Bonchev–Trinajstić information content (AvgIpc) is 1.99. The lowest BCUT2D eigenvalue weighted by Gasteiger charge is -2.00. The van der Waals surface area contributed by atoms with Crippen molar-refractivity contribution in [2.45, 2.75) is 0 Å². The van der Waals surface area contributed by atoms with Crippen LogP contribution in [0.15, 0.2) is 0 Å². The SMILES string of the molecule is [CH2]NC(=O)CNC(=O)CN. The Morgan fingerprint density at radius 2 is 2.00 bits per heavy atom. The molecule has 5 nitrogen and oxygen atoms in total. The minimum absolute atomic E-state index is 0.0699. The summed E-state index contributed by atoms with van der Waals surface area (Å²) in [7, 11) is 3.11. The fraction of sp³-hybridized carbons (Fsp3) is 0.400. The summed E-state index contributed by atoms with van der Waals surface area (Å²) in [6.45, 7) is -0.177. The van der Waals surface area contributed by atoms with Crippen LogP contribution in [0.25, 0.3) is 0 Å². The lowest BCUT2D eigenvalue weighted by molar-refractivity contribution is -0.124. The smallest absolute Gasteiger partial charge is 0.239 e. The number of nitrogens with one attached hydrogen (secondary N) is 2. The van der Waals surface area contributed by atoms with Crippen LogP contribution in [0.3, 0.4) is 0 Å². The summed E-state index contributed by atoms with van der Waals surface area (Å²) in [6.07, 6.45) is 0. The molecule has 0 fully saturated rings. The number of nitrogens with two attached hydrogens (primary N) is 1. The topological polar surface area (TPSA) is 84.2 Å². The molecule has 0 aliphatic carbocycles. The van der Waals surface area contributed by atoms with E-state index < -0.39 is 0 Å². The normalized spacial score (nSPS) is 8.60. The number of hydrogen-bond donors (Lipinski definition) is 3. The molecule has 0 unspecified atom stereocenters. The fourth-order valence-electron chi connectivity index (χ4n) is 0.314. The maximum atomic E-state index is 10.4. The van der Waals surface area contributed by atoms with Crippen LogP contribution in [-0.2, 0) is 9.59 Å². The van der Waals surface area contributed by atoms with Crippen molar-refractivity contribution in [3.8, 4) is 0 Å². The van der Waals surface area contributed by atoms with E-state index in [9.17, 15) is 9.59 Å². The average molecular weight is 144 g/mol. The van der Waals surface area contributed by atoms with E-state index in [2.05, 4.69) is 17.7 Å². The van der Waals surface area contributed by atoms with Gasteiger partial charge in [0.2, 0.25) is 11.8 Å². The molecule has 0 aromatic rings. The van der Waals surface area contributed by atoms with Crippen LogP contribution < -0.4 is 16.4 Å². The number of carbonyl (C=O) groups excluding carboxylic acids is 2. The van der Waals surface area contributed by atoms with Gasteiger partial charge in [-0.25, -0.2) is 0 Å². The van der Waals surface area contributed by atoms with Crippen molar-refractivity contribution < 1.29 is 9.59 Å². The lowest BCUT2D eigenvalue weighted by atomic mass is 10.5. The lowest BCUT2D eigenvalue weighted by Crippen LogP contribution is -2.37. The van der Waals surface area contributed by atoms with Gasteiger partial charge in [0.15, 0.2) is 0 Å². The molecule has 0 saturated heterocycles. The largest absolute Gasteiger partial charge is 0.353 e. The van der Waals surface area contributed by atoms with E-state index in [-0.39, 0.29) is 24.9 Å². The second-order valence-corrected chi connectivity index (χ2v) is 1.58. The zero-order valence-electron chi connectivity index (χ0n) is 5.52. The van der Waals surface area contributed by atoms with Crippen molar-refractivity contribution >= 4 is 11.8 Å². The molecule has 0 spiro atoms. The molecule has 0 aliphatic heterocycles. The number of hydrogen-bond acceptors (Lipinski definition) is 3. The molecule has 0 aliphatic rings. The van der Waals surface area contributed by atoms with E-state index in [0.717, 1.165) is 0 Å².